The Labute approximate surface area is 105 Å². The first kappa shape index (κ1) is 12.2. The molecule has 0 spiro atoms. The van der Waals surface area contributed by atoms with Gasteiger partial charge in [0.1, 0.15) is 5.69 Å². The first-order valence-electron chi connectivity index (χ1n) is 5.77. The van der Waals surface area contributed by atoms with Crippen LogP contribution in [-0.4, -0.2) is 18.0 Å². The number of hydrogen-bond acceptors (Lipinski definition) is 3. The summed E-state index contributed by atoms with van der Waals surface area (Å²) in [6.07, 6.45) is 2.17. The third kappa shape index (κ3) is 2.69. The van der Waals surface area contributed by atoms with E-state index < -0.39 is 0 Å². The van der Waals surface area contributed by atoms with Crippen LogP contribution in [0.5, 0.6) is 0 Å². The predicted octanol–water partition coefficient (Wildman–Crippen LogP) is 3.48. The number of halogens is 1. The van der Waals surface area contributed by atoms with Crippen LogP contribution in [0.3, 0.4) is 0 Å². The Kier molecular flexibility index (Phi) is 3.52. The third-order valence-corrected chi connectivity index (χ3v) is 3.49. The first-order chi connectivity index (χ1) is 8.08. The summed E-state index contributed by atoms with van der Waals surface area (Å²) in [5.74, 6) is 0.706. The van der Waals surface area contributed by atoms with Crippen molar-refractivity contribution in [2.75, 3.05) is 18.0 Å². The van der Waals surface area contributed by atoms with Crippen molar-refractivity contribution in [3.63, 3.8) is 0 Å². The van der Waals surface area contributed by atoms with Gasteiger partial charge >= 0.3 is 0 Å². The summed E-state index contributed by atoms with van der Waals surface area (Å²) in [5, 5.41) is 11.4. The van der Waals surface area contributed by atoms with Crippen molar-refractivity contribution in [1.29, 1.82) is 0 Å². The fraction of sp³-hybridized carbons (Fsp3) is 0.500. The van der Waals surface area contributed by atoms with E-state index in [-0.39, 0.29) is 10.6 Å². The average Bonchev–Trinajstić information content (AvgIpc) is 2.30. The molecule has 0 aromatic heterocycles. The molecule has 1 saturated heterocycles. The van der Waals surface area contributed by atoms with Crippen LogP contribution in [0.4, 0.5) is 11.4 Å². The van der Waals surface area contributed by atoms with Gasteiger partial charge in [-0.15, -0.1) is 0 Å². The van der Waals surface area contributed by atoms with Crippen molar-refractivity contribution in [2.45, 2.75) is 19.8 Å². The van der Waals surface area contributed by atoms with Gasteiger partial charge in [-0.1, -0.05) is 18.5 Å². The van der Waals surface area contributed by atoms with Gasteiger partial charge in [0.15, 0.2) is 0 Å². The van der Waals surface area contributed by atoms with Gasteiger partial charge in [-0.3, -0.25) is 10.1 Å². The molecule has 0 aliphatic carbocycles. The van der Waals surface area contributed by atoms with Crippen molar-refractivity contribution in [3.8, 4) is 0 Å². The summed E-state index contributed by atoms with van der Waals surface area (Å²) in [7, 11) is 0. The second-order valence-electron chi connectivity index (χ2n) is 4.56. The molecule has 1 heterocycles. The summed E-state index contributed by atoms with van der Waals surface area (Å²) in [6, 6.07) is 4.88. The smallest absolute Gasteiger partial charge is 0.294 e. The van der Waals surface area contributed by atoms with E-state index in [1.807, 2.05) is 0 Å². The highest BCUT2D eigenvalue weighted by molar-refractivity contribution is 6.30. The summed E-state index contributed by atoms with van der Waals surface area (Å²) in [4.78, 5) is 12.7. The fourth-order valence-corrected chi connectivity index (χ4v) is 2.33. The lowest BCUT2D eigenvalue weighted by molar-refractivity contribution is -0.384. The van der Waals surface area contributed by atoms with Crippen LogP contribution < -0.4 is 4.90 Å². The molecule has 0 saturated carbocycles. The Hall–Kier alpha value is -1.29. The van der Waals surface area contributed by atoms with Crippen molar-refractivity contribution >= 4 is 23.0 Å². The number of rotatable bonds is 2. The number of piperidine rings is 1. The molecule has 0 atom stereocenters. The summed E-state index contributed by atoms with van der Waals surface area (Å²) < 4.78 is 0. The van der Waals surface area contributed by atoms with E-state index in [1.165, 1.54) is 6.07 Å². The molecule has 1 aliphatic heterocycles. The van der Waals surface area contributed by atoms with Gasteiger partial charge in [0.25, 0.3) is 5.69 Å². The zero-order valence-corrected chi connectivity index (χ0v) is 10.5. The molecule has 2 rings (SSSR count). The molecule has 1 aromatic carbocycles. The number of anilines is 1. The largest absolute Gasteiger partial charge is 0.366 e. The van der Waals surface area contributed by atoms with Crippen LogP contribution in [0, 0.1) is 16.0 Å². The Balaban J connectivity index is 2.28. The Morgan fingerprint density at radius 1 is 1.41 bits per heavy atom. The van der Waals surface area contributed by atoms with E-state index in [9.17, 15) is 10.1 Å². The molecule has 1 aromatic rings. The van der Waals surface area contributed by atoms with Gasteiger partial charge < -0.3 is 4.90 Å². The number of benzene rings is 1. The minimum Gasteiger partial charge on any atom is -0.366 e. The second-order valence-corrected chi connectivity index (χ2v) is 5.00. The van der Waals surface area contributed by atoms with E-state index in [1.54, 1.807) is 12.1 Å². The molecule has 0 radical (unpaired) electrons. The van der Waals surface area contributed by atoms with Crippen LogP contribution in [0.2, 0.25) is 5.02 Å². The van der Waals surface area contributed by atoms with Crippen molar-refractivity contribution in [2.24, 2.45) is 5.92 Å². The summed E-state index contributed by atoms with van der Waals surface area (Å²) >= 11 is 5.80. The summed E-state index contributed by atoms with van der Waals surface area (Å²) in [5.41, 5.74) is 0.790. The molecule has 17 heavy (non-hydrogen) atoms. The van der Waals surface area contributed by atoms with Gasteiger partial charge in [0, 0.05) is 24.2 Å². The maximum atomic E-state index is 11.0. The van der Waals surface area contributed by atoms with Crippen LogP contribution in [0.1, 0.15) is 19.8 Å². The highest BCUT2D eigenvalue weighted by Gasteiger charge is 2.23. The lowest BCUT2D eigenvalue weighted by Gasteiger charge is -2.31. The SMILES string of the molecule is CC1CCN(c2ccc(Cl)cc2[N+](=O)[O-])CC1. The minimum absolute atomic E-state index is 0.104. The van der Waals surface area contributed by atoms with Crippen LogP contribution in [-0.2, 0) is 0 Å². The average molecular weight is 255 g/mol. The highest BCUT2D eigenvalue weighted by Crippen LogP contribution is 2.33. The Morgan fingerprint density at radius 2 is 2.06 bits per heavy atom. The third-order valence-electron chi connectivity index (χ3n) is 3.26. The van der Waals surface area contributed by atoms with Crippen molar-refractivity contribution in [1.82, 2.24) is 0 Å². The van der Waals surface area contributed by atoms with Gasteiger partial charge in [-0.2, -0.15) is 0 Å². The molecule has 0 bridgehead atoms. The van der Waals surface area contributed by atoms with E-state index in [0.29, 0.717) is 16.6 Å². The van der Waals surface area contributed by atoms with Gasteiger partial charge in [-0.25, -0.2) is 0 Å². The number of hydrogen-bond donors (Lipinski definition) is 0. The number of nitro benzene ring substituents is 1. The standard InChI is InChI=1S/C12H15ClN2O2/c1-9-4-6-14(7-5-9)11-3-2-10(13)8-12(11)15(16)17/h2-3,8-9H,4-7H2,1H3. The molecule has 92 valence electrons. The first-order valence-corrected chi connectivity index (χ1v) is 6.14. The molecular formula is C12H15ClN2O2. The topological polar surface area (TPSA) is 46.4 Å². The normalized spacial score (nSPS) is 17.2. The molecule has 0 unspecified atom stereocenters. The molecule has 1 fully saturated rings. The summed E-state index contributed by atoms with van der Waals surface area (Å²) in [6.45, 7) is 3.97. The maximum absolute atomic E-state index is 11.0. The zero-order chi connectivity index (χ0) is 12.4. The monoisotopic (exact) mass is 254 g/mol. The van der Waals surface area contributed by atoms with Gasteiger partial charge in [0.05, 0.1) is 4.92 Å². The maximum Gasteiger partial charge on any atom is 0.294 e. The lowest BCUT2D eigenvalue weighted by Crippen LogP contribution is -2.33. The van der Waals surface area contributed by atoms with Gasteiger partial charge in [-0.05, 0) is 30.9 Å². The van der Waals surface area contributed by atoms with Crippen LogP contribution >= 0.6 is 11.6 Å². The number of nitrogens with zero attached hydrogens (tertiary/aromatic N) is 2. The molecule has 4 nitrogen and oxygen atoms in total. The zero-order valence-electron chi connectivity index (χ0n) is 9.73. The molecule has 1 aliphatic rings. The van der Waals surface area contributed by atoms with Crippen molar-refractivity contribution in [3.05, 3.63) is 33.3 Å². The van der Waals surface area contributed by atoms with E-state index in [2.05, 4.69) is 11.8 Å². The lowest BCUT2D eigenvalue weighted by atomic mass is 9.98. The molecule has 0 N–H and O–H groups in total. The minimum atomic E-state index is -0.362. The highest BCUT2D eigenvalue weighted by atomic mass is 35.5. The Bertz CT molecular complexity index is 429. The second kappa shape index (κ2) is 4.92. The fourth-order valence-electron chi connectivity index (χ4n) is 2.16. The van der Waals surface area contributed by atoms with E-state index >= 15 is 0 Å². The quantitative estimate of drug-likeness (QED) is 0.600. The molecule has 5 heteroatoms. The molecule has 0 amide bonds. The van der Waals surface area contributed by atoms with Gasteiger partial charge in [0.2, 0.25) is 0 Å². The van der Waals surface area contributed by atoms with E-state index in [4.69, 9.17) is 11.6 Å². The van der Waals surface area contributed by atoms with Crippen LogP contribution in [0.15, 0.2) is 18.2 Å². The molecular weight excluding hydrogens is 240 g/mol. The van der Waals surface area contributed by atoms with Crippen LogP contribution in [0.25, 0.3) is 0 Å². The van der Waals surface area contributed by atoms with Crippen molar-refractivity contribution < 1.29 is 4.92 Å². The van der Waals surface area contributed by atoms with E-state index in [0.717, 1.165) is 25.9 Å². The Morgan fingerprint density at radius 3 is 2.65 bits per heavy atom. The number of nitro groups is 1. The predicted molar refractivity (Wildman–Crippen MR) is 68.7 cm³/mol.